The number of esters is 1. The number of amides is 1. The van der Waals surface area contributed by atoms with Crippen LogP contribution in [0.3, 0.4) is 0 Å². The quantitative estimate of drug-likeness (QED) is 0.366. The molecule has 11 heteroatoms. The summed E-state index contributed by atoms with van der Waals surface area (Å²) in [5, 5.41) is 14.0. The second kappa shape index (κ2) is 10.5. The first-order valence-electron chi connectivity index (χ1n) is 10.6. The number of hydrogen-bond acceptors (Lipinski definition) is 6. The van der Waals surface area contributed by atoms with Gasteiger partial charge in [-0.25, -0.2) is 0 Å². The second-order valence-electron chi connectivity index (χ2n) is 8.09. The molecular weight excluding hydrogens is 455 g/mol. The molecule has 1 heterocycles. The number of benzene rings is 2. The summed E-state index contributed by atoms with van der Waals surface area (Å²) in [4.78, 5) is 36.4. The Labute approximate surface area is 193 Å². The van der Waals surface area contributed by atoms with E-state index in [1.807, 2.05) is 31.2 Å². The molecule has 1 fully saturated rings. The van der Waals surface area contributed by atoms with E-state index in [0.717, 1.165) is 23.3 Å². The number of nitrogens with one attached hydrogen (secondary N) is 1. The van der Waals surface area contributed by atoms with Crippen molar-refractivity contribution in [2.24, 2.45) is 5.92 Å². The average Bonchev–Trinajstić information content (AvgIpc) is 2.81. The third-order valence-corrected chi connectivity index (χ3v) is 5.62. The van der Waals surface area contributed by atoms with Gasteiger partial charge in [-0.2, -0.15) is 13.2 Å². The van der Waals surface area contributed by atoms with Crippen LogP contribution in [0.2, 0.25) is 0 Å². The van der Waals surface area contributed by atoms with Gasteiger partial charge in [-0.1, -0.05) is 29.8 Å². The molecule has 2 aromatic carbocycles. The minimum atomic E-state index is -4.69. The van der Waals surface area contributed by atoms with Gasteiger partial charge in [0.05, 0.1) is 16.4 Å². The molecule has 0 spiro atoms. The minimum absolute atomic E-state index is 0.0697. The first kappa shape index (κ1) is 25.0. The van der Waals surface area contributed by atoms with Crippen molar-refractivity contribution in [1.29, 1.82) is 0 Å². The van der Waals surface area contributed by atoms with Crippen molar-refractivity contribution >= 4 is 23.3 Å². The Bertz CT molecular complexity index is 1050. The molecule has 1 aliphatic heterocycles. The maximum absolute atomic E-state index is 12.9. The molecule has 1 aliphatic rings. The molecule has 8 nitrogen and oxygen atoms in total. The van der Waals surface area contributed by atoms with E-state index in [-0.39, 0.29) is 18.8 Å². The summed E-state index contributed by atoms with van der Waals surface area (Å²) in [5.41, 5.74) is 0.349. The Balaban J connectivity index is 1.49. The third kappa shape index (κ3) is 6.46. The number of carbonyl (C=O) groups is 2. The first-order chi connectivity index (χ1) is 16.0. The molecule has 1 saturated heterocycles. The molecule has 0 bridgehead atoms. The van der Waals surface area contributed by atoms with Gasteiger partial charge in [0.25, 0.3) is 11.6 Å². The summed E-state index contributed by atoms with van der Waals surface area (Å²) < 4.78 is 43.8. The smallest absolute Gasteiger partial charge is 0.416 e. The highest BCUT2D eigenvalue weighted by atomic mass is 19.4. The molecule has 3 rings (SSSR count). The van der Waals surface area contributed by atoms with Gasteiger partial charge in [-0.05, 0) is 37.5 Å². The number of rotatable bonds is 7. The van der Waals surface area contributed by atoms with Gasteiger partial charge in [0.1, 0.15) is 5.69 Å². The number of ether oxygens (including phenoxy) is 1. The van der Waals surface area contributed by atoms with E-state index in [2.05, 4.69) is 5.32 Å². The normalized spacial score (nSPS) is 14.5. The molecule has 0 radical (unpaired) electrons. The highest BCUT2D eigenvalue weighted by Gasteiger charge is 2.35. The molecule has 0 atom stereocenters. The summed E-state index contributed by atoms with van der Waals surface area (Å²) in [6, 6.07) is 10.0. The Morgan fingerprint density at radius 3 is 2.38 bits per heavy atom. The van der Waals surface area contributed by atoms with Crippen LogP contribution in [-0.2, 0) is 27.0 Å². The van der Waals surface area contributed by atoms with Gasteiger partial charge in [0, 0.05) is 25.7 Å². The fourth-order valence-electron chi connectivity index (χ4n) is 3.68. The maximum atomic E-state index is 12.9. The second-order valence-corrected chi connectivity index (χ2v) is 8.09. The van der Waals surface area contributed by atoms with Crippen LogP contribution in [0.15, 0.2) is 42.5 Å². The average molecular weight is 479 g/mol. The third-order valence-electron chi connectivity index (χ3n) is 5.62. The molecular formula is C23H24F3N3O5. The Hall–Kier alpha value is -3.63. The molecule has 1 amide bonds. The topological polar surface area (TPSA) is 102 Å². The molecule has 1 N–H and O–H groups in total. The van der Waals surface area contributed by atoms with E-state index in [4.69, 9.17) is 4.74 Å². The zero-order valence-electron chi connectivity index (χ0n) is 18.4. The SMILES string of the molecule is Cc1ccc(CNC(=O)COC(=O)C2CCN(c3ccc(C(F)(F)F)cc3[N+](=O)[O-])CC2)cc1. The summed E-state index contributed by atoms with van der Waals surface area (Å²) in [5.74, 6) is -1.49. The standard InChI is InChI=1S/C23H24F3N3O5/c1-15-2-4-16(5-3-15)13-27-21(30)14-34-22(31)17-8-10-28(11-9-17)19-7-6-18(23(24,25)26)12-20(19)29(32)33/h2-7,12,17H,8-11,13-14H2,1H3,(H,27,30). The lowest BCUT2D eigenvalue weighted by Crippen LogP contribution is -2.38. The zero-order valence-corrected chi connectivity index (χ0v) is 18.4. The van der Waals surface area contributed by atoms with Crippen molar-refractivity contribution in [3.05, 3.63) is 69.3 Å². The minimum Gasteiger partial charge on any atom is -0.455 e. The number of aryl methyl sites for hydroxylation is 1. The van der Waals surface area contributed by atoms with Crippen molar-refractivity contribution in [3.63, 3.8) is 0 Å². The molecule has 34 heavy (non-hydrogen) atoms. The predicted octanol–water partition coefficient (Wildman–Crippen LogP) is 4.00. The van der Waals surface area contributed by atoms with Crippen LogP contribution < -0.4 is 10.2 Å². The molecule has 0 aliphatic carbocycles. The van der Waals surface area contributed by atoms with E-state index in [1.165, 1.54) is 0 Å². The summed E-state index contributed by atoms with van der Waals surface area (Å²) in [6.07, 6.45) is -4.10. The number of carbonyl (C=O) groups excluding carboxylic acids is 2. The number of nitrogens with zero attached hydrogens (tertiary/aromatic N) is 2. The lowest BCUT2D eigenvalue weighted by molar-refractivity contribution is -0.384. The van der Waals surface area contributed by atoms with Crippen molar-refractivity contribution < 1.29 is 32.4 Å². The van der Waals surface area contributed by atoms with E-state index in [0.29, 0.717) is 25.5 Å². The summed E-state index contributed by atoms with van der Waals surface area (Å²) in [7, 11) is 0. The number of hydrogen-bond donors (Lipinski definition) is 1. The Morgan fingerprint density at radius 1 is 1.15 bits per heavy atom. The molecule has 182 valence electrons. The van der Waals surface area contributed by atoms with E-state index in [1.54, 1.807) is 4.90 Å². The molecule has 2 aromatic rings. The van der Waals surface area contributed by atoms with Crippen molar-refractivity contribution in [1.82, 2.24) is 5.32 Å². The number of nitro groups is 1. The lowest BCUT2D eigenvalue weighted by Gasteiger charge is -2.32. The summed E-state index contributed by atoms with van der Waals surface area (Å²) in [6.45, 7) is 2.30. The van der Waals surface area contributed by atoms with Crippen LogP contribution in [0.1, 0.15) is 29.5 Å². The zero-order chi connectivity index (χ0) is 24.9. The number of piperidine rings is 1. The Kier molecular flexibility index (Phi) is 7.75. The van der Waals surface area contributed by atoms with Crippen LogP contribution in [0.25, 0.3) is 0 Å². The van der Waals surface area contributed by atoms with Crippen molar-refractivity contribution in [2.75, 3.05) is 24.6 Å². The predicted molar refractivity (Wildman–Crippen MR) is 117 cm³/mol. The first-order valence-corrected chi connectivity index (χ1v) is 10.6. The fraction of sp³-hybridized carbons (Fsp3) is 0.391. The number of anilines is 1. The highest BCUT2D eigenvalue weighted by Crippen LogP contribution is 2.37. The highest BCUT2D eigenvalue weighted by molar-refractivity contribution is 5.81. The van der Waals surface area contributed by atoms with Crippen molar-refractivity contribution in [3.8, 4) is 0 Å². The van der Waals surface area contributed by atoms with Gasteiger partial charge in [0.15, 0.2) is 6.61 Å². The van der Waals surface area contributed by atoms with Gasteiger partial charge in [-0.15, -0.1) is 0 Å². The largest absolute Gasteiger partial charge is 0.455 e. The van der Waals surface area contributed by atoms with Gasteiger partial charge in [-0.3, -0.25) is 19.7 Å². The van der Waals surface area contributed by atoms with Gasteiger partial charge < -0.3 is 15.0 Å². The van der Waals surface area contributed by atoms with E-state index >= 15 is 0 Å². The number of nitro benzene ring substituents is 1. The number of alkyl halides is 3. The Morgan fingerprint density at radius 2 is 1.79 bits per heavy atom. The van der Waals surface area contributed by atoms with E-state index in [9.17, 15) is 32.9 Å². The molecule has 0 unspecified atom stereocenters. The van der Waals surface area contributed by atoms with Crippen LogP contribution >= 0.6 is 0 Å². The fourth-order valence-corrected chi connectivity index (χ4v) is 3.68. The van der Waals surface area contributed by atoms with E-state index < -0.39 is 46.8 Å². The van der Waals surface area contributed by atoms with Gasteiger partial charge >= 0.3 is 12.1 Å². The molecule has 0 saturated carbocycles. The maximum Gasteiger partial charge on any atom is 0.416 e. The monoisotopic (exact) mass is 479 g/mol. The van der Waals surface area contributed by atoms with Crippen molar-refractivity contribution in [2.45, 2.75) is 32.5 Å². The van der Waals surface area contributed by atoms with Crippen LogP contribution in [0, 0.1) is 23.0 Å². The van der Waals surface area contributed by atoms with Crippen LogP contribution in [0.5, 0.6) is 0 Å². The molecule has 0 aromatic heterocycles. The lowest BCUT2D eigenvalue weighted by atomic mass is 9.96. The van der Waals surface area contributed by atoms with Gasteiger partial charge in [0.2, 0.25) is 0 Å². The van der Waals surface area contributed by atoms with Crippen LogP contribution in [0.4, 0.5) is 24.5 Å². The van der Waals surface area contributed by atoms with Crippen LogP contribution in [-0.4, -0.2) is 36.5 Å². The summed E-state index contributed by atoms with van der Waals surface area (Å²) >= 11 is 0. The number of halogens is 3.